The van der Waals surface area contributed by atoms with Gasteiger partial charge in [0.2, 0.25) is 0 Å². The van der Waals surface area contributed by atoms with E-state index < -0.39 is 0 Å². The minimum absolute atomic E-state index is 0.0982. The largest absolute Gasteiger partial charge is 0.496 e. The van der Waals surface area contributed by atoms with Gasteiger partial charge < -0.3 is 4.74 Å². The number of methoxy groups -OCH3 is 1. The molecule has 2 aromatic heterocycles. The Balaban J connectivity index is 1.84. The zero-order valence-corrected chi connectivity index (χ0v) is 15.4. The van der Waals surface area contributed by atoms with Crippen molar-refractivity contribution in [1.82, 2.24) is 4.98 Å². The average Bonchev–Trinajstić information content (AvgIpc) is 3.23. The van der Waals surface area contributed by atoms with Crippen molar-refractivity contribution >= 4 is 33.7 Å². The number of aryl methyl sites for hydroxylation is 2. The van der Waals surface area contributed by atoms with Crippen molar-refractivity contribution in [2.45, 2.75) is 20.3 Å². The Morgan fingerprint density at radius 1 is 1.29 bits per heavy atom. The Kier molecular flexibility index (Phi) is 4.97. The molecular formula is C18H18N2O2S2. The zero-order valence-electron chi connectivity index (χ0n) is 13.8. The highest BCUT2D eigenvalue weighted by molar-refractivity contribution is 7.14. The van der Waals surface area contributed by atoms with Crippen molar-refractivity contribution in [3.05, 3.63) is 51.0 Å². The van der Waals surface area contributed by atoms with Crippen molar-refractivity contribution in [2.24, 2.45) is 0 Å². The molecule has 1 N–H and O–H groups in total. The first-order valence-electron chi connectivity index (χ1n) is 7.60. The quantitative estimate of drug-likeness (QED) is 0.698. The lowest BCUT2D eigenvalue weighted by atomic mass is 10.1. The fourth-order valence-electron chi connectivity index (χ4n) is 2.44. The molecule has 0 aliphatic rings. The topological polar surface area (TPSA) is 51.2 Å². The number of rotatable bonds is 5. The molecule has 1 amide bonds. The van der Waals surface area contributed by atoms with E-state index in [0.717, 1.165) is 39.4 Å². The van der Waals surface area contributed by atoms with Crippen LogP contribution in [0.5, 0.6) is 5.75 Å². The Bertz CT molecular complexity index is 868. The molecule has 6 heteroatoms. The van der Waals surface area contributed by atoms with E-state index in [0.29, 0.717) is 5.13 Å². The summed E-state index contributed by atoms with van der Waals surface area (Å²) in [5, 5.41) is 7.37. The van der Waals surface area contributed by atoms with Gasteiger partial charge in [-0.2, -0.15) is 0 Å². The van der Waals surface area contributed by atoms with E-state index in [1.807, 2.05) is 48.9 Å². The first-order valence-corrected chi connectivity index (χ1v) is 9.36. The number of aromatic nitrogens is 1. The second-order valence-corrected chi connectivity index (χ2v) is 7.10. The predicted octanol–water partition coefficient (Wildman–Crippen LogP) is 5.00. The van der Waals surface area contributed by atoms with Crippen LogP contribution in [0.3, 0.4) is 0 Å². The highest BCUT2D eigenvalue weighted by Gasteiger charge is 2.15. The minimum Gasteiger partial charge on any atom is -0.496 e. The Hall–Kier alpha value is -2.18. The van der Waals surface area contributed by atoms with Gasteiger partial charge in [-0.1, -0.05) is 18.6 Å². The van der Waals surface area contributed by atoms with Gasteiger partial charge in [0, 0.05) is 10.9 Å². The summed E-state index contributed by atoms with van der Waals surface area (Å²) in [5.41, 5.74) is 3.93. The molecule has 24 heavy (non-hydrogen) atoms. The molecule has 0 aliphatic heterocycles. The fraction of sp³-hybridized carbons (Fsp3) is 0.222. The predicted molar refractivity (Wildman–Crippen MR) is 100 cm³/mol. The van der Waals surface area contributed by atoms with Crippen LogP contribution in [0.4, 0.5) is 5.13 Å². The maximum absolute atomic E-state index is 12.4. The molecule has 0 fully saturated rings. The molecule has 0 saturated heterocycles. The van der Waals surface area contributed by atoms with E-state index in [1.54, 1.807) is 7.11 Å². The van der Waals surface area contributed by atoms with E-state index in [9.17, 15) is 4.79 Å². The smallest absolute Gasteiger partial charge is 0.267 e. The highest BCUT2D eigenvalue weighted by Crippen LogP contribution is 2.33. The van der Waals surface area contributed by atoms with Crippen LogP contribution >= 0.6 is 22.7 Å². The first kappa shape index (κ1) is 16.7. The second kappa shape index (κ2) is 7.15. The van der Waals surface area contributed by atoms with Crippen molar-refractivity contribution in [2.75, 3.05) is 12.4 Å². The Labute approximate surface area is 149 Å². The van der Waals surface area contributed by atoms with Crippen molar-refractivity contribution in [1.29, 1.82) is 0 Å². The molecule has 1 aromatic carbocycles. The summed E-state index contributed by atoms with van der Waals surface area (Å²) in [4.78, 5) is 17.7. The summed E-state index contributed by atoms with van der Waals surface area (Å²) >= 11 is 2.87. The molecule has 0 spiro atoms. The maximum atomic E-state index is 12.4. The number of amides is 1. The van der Waals surface area contributed by atoms with Crippen LogP contribution in [0.2, 0.25) is 0 Å². The van der Waals surface area contributed by atoms with Gasteiger partial charge in [0.05, 0.1) is 17.7 Å². The van der Waals surface area contributed by atoms with Gasteiger partial charge in [0.1, 0.15) is 5.75 Å². The van der Waals surface area contributed by atoms with Gasteiger partial charge in [0.15, 0.2) is 5.13 Å². The molecule has 0 aliphatic carbocycles. The van der Waals surface area contributed by atoms with Crippen LogP contribution in [0.15, 0.2) is 35.0 Å². The van der Waals surface area contributed by atoms with Crippen molar-refractivity contribution in [3.63, 3.8) is 0 Å². The van der Waals surface area contributed by atoms with Crippen molar-refractivity contribution < 1.29 is 9.53 Å². The number of nitrogens with one attached hydrogen (secondary N) is 1. The Morgan fingerprint density at radius 3 is 2.88 bits per heavy atom. The molecule has 0 unspecified atom stereocenters. The molecule has 2 heterocycles. The molecule has 3 rings (SSSR count). The number of thiazole rings is 1. The summed E-state index contributed by atoms with van der Waals surface area (Å²) in [7, 11) is 1.65. The van der Waals surface area contributed by atoms with Gasteiger partial charge in [-0.3, -0.25) is 10.1 Å². The van der Waals surface area contributed by atoms with Gasteiger partial charge >= 0.3 is 0 Å². The highest BCUT2D eigenvalue weighted by atomic mass is 32.1. The summed E-state index contributed by atoms with van der Waals surface area (Å²) in [6, 6.07) is 7.96. The monoisotopic (exact) mass is 358 g/mol. The normalized spacial score (nSPS) is 10.6. The SMILES string of the molecule is CCc1ccsc1C(=O)Nc1nc(-c2cc(C)ccc2OC)cs1. The third-order valence-corrected chi connectivity index (χ3v) is 5.40. The standard InChI is InChI=1S/C18H18N2O2S2/c1-4-12-7-8-23-16(12)17(21)20-18-19-14(10-24-18)13-9-11(2)5-6-15(13)22-3/h5-10H,4H2,1-3H3,(H,19,20,21). The molecule has 0 saturated carbocycles. The number of carbonyl (C=O) groups excluding carboxylic acids is 1. The summed E-state index contributed by atoms with van der Waals surface area (Å²) < 4.78 is 5.41. The summed E-state index contributed by atoms with van der Waals surface area (Å²) in [6.45, 7) is 4.07. The number of carbonyl (C=O) groups is 1. The molecule has 0 atom stereocenters. The lowest BCUT2D eigenvalue weighted by Gasteiger charge is -2.07. The molecule has 0 bridgehead atoms. The average molecular weight is 358 g/mol. The number of thiophene rings is 1. The van der Waals surface area contributed by atoms with E-state index in [1.165, 1.54) is 22.7 Å². The van der Waals surface area contributed by atoms with E-state index in [4.69, 9.17) is 4.74 Å². The zero-order chi connectivity index (χ0) is 17.1. The maximum Gasteiger partial charge on any atom is 0.267 e. The number of anilines is 1. The lowest BCUT2D eigenvalue weighted by Crippen LogP contribution is -2.11. The first-order chi connectivity index (χ1) is 11.6. The molecule has 124 valence electrons. The van der Waals surface area contributed by atoms with Gasteiger partial charge in [-0.05, 0) is 42.5 Å². The van der Waals surface area contributed by atoms with Crippen LogP contribution < -0.4 is 10.1 Å². The number of ether oxygens (including phenoxy) is 1. The van der Waals surface area contributed by atoms with Gasteiger partial charge in [-0.25, -0.2) is 4.98 Å². The number of hydrogen-bond donors (Lipinski definition) is 1. The third-order valence-electron chi connectivity index (χ3n) is 3.69. The summed E-state index contributed by atoms with van der Waals surface area (Å²) in [5.74, 6) is 0.675. The van der Waals surface area contributed by atoms with E-state index in [2.05, 4.69) is 10.3 Å². The lowest BCUT2D eigenvalue weighted by molar-refractivity contribution is 0.103. The van der Waals surface area contributed by atoms with Crippen LogP contribution in [0.25, 0.3) is 11.3 Å². The summed E-state index contributed by atoms with van der Waals surface area (Å²) in [6.07, 6.45) is 0.843. The van der Waals surface area contributed by atoms with E-state index in [-0.39, 0.29) is 5.91 Å². The number of benzene rings is 1. The number of nitrogens with zero attached hydrogens (tertiary/aromatic N) is 1. The van der Waals surface area contributed by atoms with Crippen LogP contribution in [-0.2, 0) is 6.42 Å². The van der Waals surface area contributed by atoms with Crippen LogP contribution in [0, 0.1) is 6.92 Å². The third kappa shape index (κ3) is 3.34. The Morgan fingerprint density at radius 2 is 2.12 bits per heavy atom. The molecule has 4 nitrogen and oxygen atoms in total. The van der Waals surface area contributed by atoms with Crippen molar-refractivity contribution in [3.8, 4) is 17.0 Å². The minimum atomic E-state index is -0.0982. The number of hydrogen-bond acceptors (Lipinski definition) is 5. The van der Waals surface area contributed by atoms with Gasteiger partial charge in [-0.15, -0.1) is 22.7 Å². The molecule has 3 aromatic rings. The fourth-order valence-corrected chi connectivity index (χ4v) is 4.04. The van der Waals surface area contributed by atoms with Crippen LogP contribution in [0.1, 0.15) is 27.7 Å². The molecular weight excluding hydrogens is 340 g/mol. The van der Waals surface area contributed by atoms with Gasteiger partial charge in [0.25, 0.3) is 5.91 Å². The molecule has 0 radical (unpaired) electrons. The van der Waals surface area contributed by atoms with E-state index >= 15 is 0 Å². The van der Waals surface area contributed by atoms with Crippen LogP contribution in [-0.4, -0.2) is 18.0 Å². The second-order valence-electron chi connectivity index (χ2n) is 5.32.